The third kappa shape index (κ3) is 4.53. The first-order valence-electron chi connectivity index (χ1n) is 8.10. The highest BCUT2D eigenvalue weighted by molar-refractivity contribution is 7.99. The minimum Gasteiger partial charge on any atom is -0.313 e. The van der Waals surface area contributed by atoms with Crippen LogP contribution < -0.4 is 5.32 Å². The minimum absolute atomic E-state index is 0.633. The van der Waals surface area contributed by atoms with E-state index in [0.29, 0.717) is 11.8 Å². The van der Waals surface area contributed by atoms with E-state index in [1.165, 1.54) is 30.6 Å². The molecule has 2 rings (SSSR count). The number of hydrogen-bond acceptors (Lipinski definition) is 2. The smallest absolute Gasteiger partial charge is 0.00782 e. The third-order valence-corrected chi connectivity index (χ3v) is 5.68. The van der Waals surface area contributed by atoms with Gasteiger partial charge in [0.05, 0.1) is 0 Å². The Kier molecular flexibility index (Phi) is 6.44. The second-order valence-corrected chi connectivity index (χ2v) is 7.83. The SMILES string of the molecule is CCSC1CCC(NCC(c2ccccc2)C(C)C)C1. The highest BCUT2D eigenvalue weighted by Gasteiger charge is 2.25. The number of nitrogens with one attached hydrogen (secondary N) is 1. The monoisotopic (exact) mass is 291 g/mol. The standard InChI is InChI=1S/C18H29NS/c1-4-20-17-11-10-16(12-17)19-13-18(14(2)3)15-8-6-5-7-9-15/h5-9,14,16-19H,4,10-13H2,1-3H3. The molecule has 3 unspecified atom stereocenters. The van der Waals surface area contributed by atoms with Crippen molar-refractivity contribution in [1.82, 2.24) is 5.32 Å². The van der Waals surface area contributed by atoms with Crippen molar-refractivity contribution in [2.24, 2.45) is 5.92 Å². The number of rotatable bonds is 7. The topological polar surface area (TPSA) is 12.0 Å². The summed E-state index contributed by atoms with van der Waals surface area (Å²) in [6.45, 7) is 8.07. The van der Waals surface area contributed by atoms with Crippen LogP contribution in [0.25, 0.3) is 0 Å². The lowest BCUT2D eigenvalue weighted by Crippen LogP contribution is -2.32. The molecule has 0 aliphatic heterocycles. The molecule has 0 aromatic heterocycles. The van der Waals surface area contributed by atoms with Crippen LogP contribution in [0.15, 0.2) is 30.3 Å². The van der Waals surface area contributed by atoms with Gasteiger partial charge in [-0.25, -0.2) is 0 Å². The van der Waals surface area contributed by atoms with Crippen molar-refractivity contribution in [3.63, 3.8) is 0 Å². The summed E-state index contributed by atoms with van der Waals surface area (Å²) in [6, 6.07) is 11.7. The summed E-state index contributed by atoms with van der Waals surface area (Å²) in [5.41, 5.74) is 1.48. The molecule has 0 heterocycles. The highest BCUT2D eigenvalue weighted by atomic mass is 32.2. The fraction of sp³-hybridized carbons (Fsp3) is 0.667. The fourth-order valence-electron chi connectivity index (χ4n) is 3.24. The largest absolute Gasteiger partial charge is 0.313 e. The van der Waals surface area contributed by atoms with Crippen molar-refractivity contribution in [3.05, 3.63) is 35.9 Å². The van der Waals surface area contributed by atoms with Crippen molar-refractivity contribution in [1.29, 1.82) is 0 Å². The maximum absolute atomic E-state index is 3.84. The number of hydrogen-bond donors (Lipinski definition) is 1. The van der Waals surface area contributed by atoms with E-state index in [1.54, 1.807) is 0 Å². The van der Waals surface area contributed by atoms with Gasteiger partial charge in [-0.1, -0.05) is 51.1 Å². The van der Waals surface area contributed by atoms with Crippen molar-refractivity contribution in [3.8, 4) is 0 Å². The molecular weight excluding hydrogens is 262 g/mol. The summed E-state index contributed by atoms with van der Waals surface area (Å²) in [6.07, 6.45) is 4.11. The van der Waals surface area contributed by atoms with E-state index >= 15 is 0 Å². The fourth-order valence-corrected chi connectivity index (χ4v) is 4.39. The third-order valence-electron chi connectivity index (χ3n) is 4.45. The van der Waals surface area contributed by atoms with Crippen LogP contribution >= 0.6 is 11.8 Å². The molecule has 0 saturated heterocycles. The Balaban J connectivity index is 1.85. The molecule has 1 aliphatic rings. The molecule has 2 heteroatoms. The van der Waals surface area contributed by atoms with E-state index in [2.05, 4.69) is 68.2 Å². The quantitative estimate of drug-likeness (QED) is 0.782. The molecule has 112 valence electrons. The van der Waals surface area contributed by atoms with E-state index in [0.717, 1.165) is 17.8 Å². The van der Waals surface area contributed by atoms with E-state index < -0.39 is 0 Å². The first-order chi connectivity index (χ1) is 9.70. The molecule has 3 atom stereocenters. The van der Waals surface area contributed by atoms with Crippen molar-refractivity contribution in [2.75, 3.05) is 12.3 Å². The molecule has 0 amide bonds. The van der Waals surface area contributed by atoms with Gasteiger partial charge in [-0.05, 0) is 42.4 Å². The predicted octanol–water partition coefficient (Wildman–Crippen LogP) is 4.69. The van der Waals surface area contributed by atoms with Crippen LogP contribution in [0.5, 0.6) is 0 Å². The van der Waals surface area contributed by atoms with Crippen LogP contribution in [0.1, 0.15) is 51.5 Å². The first-order valence-corrected chi connectivity index (χ1v) is 9.15. The van der Waals surface area contributed by atoms with Crippen molar-refractivity contribution < 1.29 is 0 Å². The molecule has 1 N–H and O–H groups in total. The van der Waals surface area contributed by atoms with Gasteiger partial charge in [-0.15, -0.1) is 0 Å². The first kappa shape index (κ1) is 15.9. The Labute approximate surface area is 128 Å². The molecule has 1 fully saturated rings. The summed E-state index contributed by atoms with van der Waals surface area (Å²) in [4.78, 5) is 0. The average molecular weight is 292 g/mol. The van der Waals surface area contributed by atoms with Crippen LogP contribution in [0.3, 0.4) is 0 Å². The highest BCUT2D eigenvalue weighted by Crippen LogP contribution is 2.30. The lowest BCUT2D eigenvalue weighted by Gasteiger charge is -2.24. The Bertz CT molecular complexity index is 376. The van der Waals surface area contributed by atoms with E-state index in [-0.39, 0.29) is 0 Å². The molecule has 0 radical (unpaired) electrons. The summed E-state index contributed by atoms with van der Waals surface area (Å²) in [5, 5.41) is 4.73. The normalized spacial score (nSPS) is 24.2. The lowest BCUT2D eigenvalue weighted by molar-refractivity contribution is 0.423. The molecule has 1 aromatic rings. The molecule has 1 nitrogen and oxygen atoms in total. The summed E-state index contributed by atoms with van der Waals surface area (Å²) >= 11 is 2.14. The van der Waals surface area contributed by atoms with Crippen LogP contribution in [0, 0.1) is 5.92 Å². The Hall–Kier alpha value is -0.470. The van der Waals surface area contributed by atoms with Gasteiger partial charge in [0.2, 0.25) is 0 Å². The summed E-state index contributed by atoms with van der Waals surface area (Å²) in [7, 11) is 0. The van der Waals surface area contributed by atoms with Crippen molar-refractivity contribution in [2.45, 2.75) is 57.2 Å². The average Bonchev–Trinajstić information content (AvgIpc) is 2.88. The predicted molar refractivity (Wildman–Crippen MR) is 91.6 cm³/mol. The van der Waals surface area contributed by atoms with Crippen LogP contribution in [-0.4, -0.2) is 23.6 Å². The number of thioether (sulfide) groups is 1. The Morgan fingerprint density at radius 1 is 1.20 bits per heavy atom. The van der Waals surface area contributed by atoms with Gasteiger partial charge in [-0.2, -0.15) is 11.8 Å². The maximum atomic E-state index is 3.84. The zero-order valence-corrected chi connectivity index (χ0v) is 14.0. The zero-order valence-electron chi connectivity index (χ0n) is 13.1. The van der Waals surface area contributed by atoms with E-state index in [1.807, 2.05) is 0 Å². The van der Waals surface area contributed by atoms with Gasteiger partial charge in [0.1, 0.15) is 0 Å². The van der Waals surface area contributed by atoms with Gasteiger partial charge < -0.3 is 5.32 Å². The van der Waals surface area contributed by atoms with Gasteiger partial charge >= 0.3 is 0 Å². The summed E-state index contributed by atoms with van der Waals surface area (Å²) in [5.74, 6) is 2.58. The molecule has 20 heavy (non-hydrogen) atoms. The van der Waals surface area contributed by atoms with Gasteiger partial charge in [0.15, 0.2) is 0 Å². The number of benzene rings is 1. The molecule has 1 aromatic carbocycles. The Morgan fingerprint density at radius 3 is 2.60 bits per heavy atom. The molecule has 1 saturated carbocycles. The van der Waals surface area contributed by atoms with Crippen LogP contribution in [-0.2, 0) is 0 Å². The van der Waals surface area contributed by atoms with E-state index in [9.17, 15) is 0 Å². The summed E-state index contributed by atoms with van der Waals surface area (Å²) < 4.78 is 0. The van der Waals surface area contributed by atoms with E-state index in [4.69, 9.17) is 0 Å². The molecule has 0 spiro atoms. The van der Waals surface area contributed by atoms with Gasteiger partial charge in [0.25, 0.3) is 0 Å². The second-order valence-electron chi connectivity index (χ2n) is 6.26. The molecule has 0 bridgehead atoms. The Morgan fingerprint density at radius 2 is 1.95 bits per heavy atom. The molecular formula is C18H29NS. The maximum Gasteiger partial charge on any atom is 0.00782 e. The zero-order chi connectivity index (χ0) is 14.4. The molecule has 1 aliphatic carbocycles. The van der Waals surface area contributed by atoms with Crippen LogP contribution in [0.4, 0.5) is 0 Å². The van der Waals surface area contributed by atoms with Crippen LogP contribution in [0.2, 0.25) is 0 Å². The van der Waals surface area contributed by atoms with Crippen molar-refractivity contribution >= 4 is 11.8 Å². The van der Waals surface area contributed by atoms with Gasteiger partial charge in [-0.3, -0.25) is 0 Å². The van der Waals surface area contributed by atoms with Gasteiger partial charge in [0, 0.05) is 17.8 Å². The lowest BCUT2D eigenvalue weighted by atomic mass is 9.88. The second kappa shape index (κ2) is 8.09. The minimum atomic E-state index is 0.633.